The molecule has 29 heavy (non-hydrogen) atoms. The van der Waals surface area contributed by atoms with Crippen molar-refractivity contribution in [3.63, 3.8) is 0 Å². The van der Waals surface area contributed by atoms with Crippen LogP contribution in [0.2, 0.25) is 0 Å². The van der Waals surface area contributed by atoms with Gasteiger partial charge in [-0.2, -0.15) is 0 Å². The van der Waals surface area contributed by atoms with E-state index in [4.69, 9.17) is 4.74 Å². The van der Waals surface area contributed by atoms with Gasteiger partial charge >= 0.3 is 0 Å². The van der Waals surface area contributed by atoms with Gasteiger partial charge in [-0.3, -0.25) is 9.69 Å². The maximum absolute atomic E-state index is 13.0. The van der Waals surface area contributed by atoms with Gasteiger partial charge in [-0.15, -0.1) is 0 Å². The third kappa shape index (κ3) is 3.99. The number of benzene rings is 2. The Balaban J connectivity index is 1.59. The fourth-order valence-electron chi connectivity index (χ4n) is 4.62. The van der Waals surface area contributed by atoms with Crippen LogP contribution in [0.15, 0.2) is 30.3 Å². The van der Waals surface area contributed by atoms with Crippen molar-refractivity contribution >= 4 is 28.1 Å². The highest BCUT2D eigenvalue weighted by Gasteiger charge is 2.30. The Hall–Kier alpha value is -2.11. The van der Waals surface area contributed by atoms with Gasteiger partial charge in [0.25, 0.3) is 5.91 Å². The maximum atomic E-state index is 13.0. The number of carbonyl (C=O) groups is 1. The molecule has 0 atom stereocenters. The summed E-state index contributed by atoms with van der Waals surface area (Å²) in [6.07, 6.45) is 3.28. The Labute approximate surface area is 174 Å². The third-order valence-electron chi connectivity index (χ3n) is 6.18. The van der Waals surface area contributed by atoms with Crippen molar-refractivity contribution < 1.29 is 9.53 Å². The van der Waals surface area contributed by atoms with Crippen molar-refractivity contribution in [1.82, 2.24) is 4.90 Å². The summed E-state index contributed by atoms with van der Waals surface area (Å²) in [4.78, 5) is 20.0. The zero-order chi connectivity index (χ0) is 20.2. The Morgan fingerprint density at radius 1 is 0.966 bits per heavy atom. The number of amides is 1. The summed E-state index contributed by atoms with van der Waals surface area (Å²) >= 11 is 0. The van der Waals surface area contributed by atoms with Gasteiger partial charge < -0.3 is 14.5 Å². The van der Waals surface area contributed by atoms with Gasteiger partial charge in [0.05, 0.1) is 12.3 Å². The predicted octanol–water partition coefficient (Wildman–Crippen LogP) is 4.15. The van der Waals surface area contributed by atoms with E-state index in [1.807, 2.05) is 24.0 Å². The summed E-state index contributed by atoms with van der Waals surface area (Å²) in [5.41, 5.74) is 3.22. The first-order valence-corrected chi connectivity index (χ1v) is 11.2. The summed E-state index contributed by atoms with van der Waals surface area (Å²) in [5, 5.41) is 2.36. The summed E-state index contributed by atoms with van der Waals surface area (Å²) in [6, 6.07) is 10.6. The van der Waals surface area contributed by atoms with Crippen molar-refractivity contribution in [2.45, 2.75) is 33.1 Å². The molecule has 2 aromatic carbocycles. The molecule has 0 saturated carbocycles. The van der Waals surface area contributed by atoms with E-state index in [-0.39, 0.29) is 5.91 Å². The van der Waals surface area contributed by atoms with E-state index in [9.17, 15) is 4.79 Å². The van der Waals surface area contributed by atoms with Crippen molar-refractivity contribution in [3.05, 3.63) is 35.9 Å². The van der Waals surface area contributed by atoms with Crippen LogP contribution in [0.5, 0.6) is 0 Å². The van der Waals surface area contributed by atoms with E-state index in [2.05, 4.69) is 34.9 Å². The number of hydrogen-bond acceptors (Lipinski definition) is 4. The fraction of sp³-hybridized carbons (Fsp3) is 0.542. The highest BCUT2D eigenvalue weighted by molar-refractivity contribution is 6.26. The van der Waals surface area contributed by atoms with Crippen molar-refractivity contribution in [3.8, 4) is 0 Å². The normalized spacial score (nSPS) is 17.4. The molecule has 0 aromatic heterocycles. The summed E-state index contributed by atoms with van der Waals surface area (Å²) in [6.45, 7) is 11.9. The minimum absolute atomic E-state index is 0.161. The summed E-state index contributed by atoms with van der Waals surface area (Å²) < 4.78 is 5.54. The number of nitrogens with zero attached hydrogens (tertiary/aromatic N) is 3. The first kappa shape index (κ1) is 20.2. The Bertz CT molecular complexity index is 867. The molecule has 1 amide bonds. The number of rotatable bonds is 8. The van der Waals surface area contributed by atoms with Crippen LogP contribution in [-0.2, 0) is 4.74 Å². The van der Waals surface area contributed by atoms with Gasteiger partial charge in [0.1, 0.15) is 0 Å². The zero-order valence-electron chi connectivity index (χ0n) is 17.8. The van der Waals surface area contributed by atoms with E-state index in [0.29, 0.717) is 0 Å². The van der Waals surface area contributed by atoms with Crippen molar-refractivity contribution in [1.29, 1.82) is 0 Å². The second-order valence-corrected chi connectivity index (χ2v) is 8.02. The van der Waals surface area contributed by atoms with E-state index < -0.39 is 0 Å². The molecule has 0 spiro atoms. The number of ether oxygens (including phenoxy) is 1. The lowest BCUT2D eigenvalue weighted by molar-refractivity contribution is 0.0993. The molecule has 4 rings (SSSR count). The first-order valence-electron chi connectivity index (χ1n) is 11.2. The molecule has 0 aliphatic carbocycles. The van der Waals surface area contributed by atoms with Crippen LogP contribution >= 0.6 is 0 Å². The minimum Gasteiger partial charge on any atom is -0.380 e. The molecule has 2 aliphatic heterocycles. The highest BCUT2D eigenvalue weighted by atomic mass is 16.5. The highest BCUT2D eigenvalue weighted by Crippen LogP contribution is 2.41. The number of anilines is 2. The molecule has 156 valence electrons. The minimum atomic E-state index is 0.161. The van der Waals surface area contributed by atoms with Gasteiger partial charge in [0.15, 0.2) is 0 Å². The van der Waals surface area contributed by atoms with E-state index in [1.54, 1.807) is 0 Å². The number of unbranched alkanes of at least 4 members (excludes halogenated alkanes) is 1. The topological polar surface area (TPSA) is 36.0 Å². The lowest BCUT2D eigenvalue weighted by Gasteiger charge is -2.26. The first-order chi connectivity index (χ1) is 14.2. The Morgan fingerprint density at radius 2 is 1.83 bits per heavy atom. The molecule has 0 radical (unpaired) electrons. The zero-order valence-corrected chi connectivity index (χ0v) is 17.8. The van der Waals surface area contributed by atoms with Crippen LogP contribution in [0.1, 0.15) is 43.5 Å². The van der Waals surface area contributed by atoms with E-state index in [1.165, 1.54) is 11.1 Å². The fourth-order valence-corrected chi connectivity index (χ4v) is 4.62. The van der Waals surface area contributed by atoms with Crippen LogP contribution in [-0.4, -0.2) is 63.3 Å². The van der Waals surface area contributed by atoms with Gasteiger partial charge in [-0.1, -0.05) is 25.5 Å². The average molecular weight is 396 g/mol. The third-order valence-corrected chi connectivity index (χ3v) is 6.18. The lowest BCUT2D eigenvalue weighted by Crippen LogP contribution is -2.33. The molecule has 2 heterocycles. The summed E-state index contributed by atoms with van der Waals surface area (Å²) in [5.74, 6) is 0.161. The molecule has 1 saturated heterocycles. The standard InChI is InChI=1S/C24H33N3O2/c1-3-5-14-27-22-11-10-21(19-8-6-9-20(23(19)22)24(27)28)26-13-7-12-25(15-16-26)17-18-29-4-2/h6,8-11H,3-5,7,12-18H2,1-2H3. The molecule has 5 nitrogen and oxygen atoms in total. The molecule has 0 N–H and O–H groups in total. The van der Waals surface area contributed by atoms with Crippen LogP contribution < -0.4 is 9.80 Å². The number of carbonyl (C=O) groups excluding carboxylic acids is 1. The molecule has 0 unspecified atom stereocenters. The molecule has 2 aliphatic rings. The van der Waals surface area contributed by atoms with Gasteiger partial charge in [0.2, 0.25) is 0 Å². The monoisotopic (exact) mass is 395 g/mol. The predicted molar refractivity (Wildman–Crippen MR) is 120 cm³/mol. The van der Waals surface area contributed by atoms with Gasteiger partial charge in [-0.25, -0.2) is 0 Å². The molecule has 0 bridgehead atoms. The van der Waals surface area contributed by atoms with E-state index >= 15 is 0 Å². The van der Waals surface area contributed by atoms with Crippen LogP contribution in [0.4, 0.5) is 11.4 Å². The Kier molecular flexibility index (Phi) is 6.36. The van der Waals surface area contributed by atoms with E-state index in [0.717, 1.165) is 88.4 Å². The Morgan fingerprint density at radius 3 is 2.66 bits per heavy atom. The molecule has 5 heteroatoms. The van der Waals surface area contributed by atoms with Gasteiger partial charge in [-0.05, 0) is 44.5 Å². The summed E-state index contributed by atoms with van der Waals surface area (Å²) in [7, 11) is 0. The average Bonchev–Trinajstić information content (AvgIpc) is 2.88. The second kappa shape index (κ2) is 9.14. The van der Waals surface area contributed by atoms with Crippen LogP contribution in [0.3, 0.4) is 0 Å². The van der Waals surface area contributed by atoms with Crippen LogP contribution in [0, 0.1) is 0 Å². The lowest BCUT2D eigenvalue weighted by atomic mass is 10.0. The van der Waals surface area contributed by atoms with Crippen molar-refractivity contribution in [2.24, 2.45) is 0 Å². The quantitative estimate of drug-likeness (QED) is 0.629. The van der Waals surface area contributed by atoms with Crippen LogP contribution in [0.25, 0.3) is 10.8 Å². The molecular formula is C24H33N3O2. The molecule has 1 fully saturated rings. The smallest absolute Gasteiger partial charge is 0.258 e. The second-order valence-electron chi connectivity index (χ2n) is 8.02. The largest absolute Gasteiger partial charge is 0.380 e. The maximum Gasteiger partial charge on any atom is 0.258 e. The number of hydrogen-bond donors (Lipinski definition) is 0. The molecule has 2 aromatic rings. The van der Waals surface area contributed by atoms with Crippen molar-refractivity contribution in [2.75, 3.05) is 62.3 Å². The molecular weight excluding hydrogens is 362 g/mol. The SMILES string of the molecule is CCCCN1C(=O)c2cccc3c(N4CCCN(CCOCC)CC4)ccc1c23. The van der Waals surface area contributed by atoms with Gasteiger partial charge in [0, 0.05) is 61.4 Å².